The van der Waals surface area contributed by atoms with Gasteiger partial charge in [-0.2, -0.15) is 0 Å². The Morgan fingerprint density at radius 2 is 1.87 bits per heavy atom. The number of ether oxygens (including phenoxy) is 3. The zero-order valence-corrected chi connectivity index (χ0v) is 14.6. The maximum absolute atomic E-state index is 11.4. The van der Waals surface area contributed by atoms with Crippen LogP contribution >= 0.6 is 0 Å². The third-order valence-corrected chi connectivity index (χ3v) is 4.87. The summed E-state index contributed by atoms with van der Waals surface area (Å²) in [5, 5.41) is 0. The Balaban J connectivity index is 2.02. The summed E-state index contributed by atoms with van der Waals surface area (Å²) in [6, 6.07) is 6.03. The van der Waals surface area contributed by atoms with E-state index in [0.717, 1.165) is 48.5 Å². The first-order valence-electron chi connectivity index (χ1n) is 8.11. The fourth-order valence-corrected chi connectivity index (χ4v) is 3.42. The normalized spacial score (nSPS) is 24.1. The van der Waals surface area contributed by atoms with E-state index in [-0.39, 0.29) is 5.97 Å². The average molecular weight is 322 g/mol. The number of carbonyl (C=O) groups excluding carboxylic acids is 1. The fourth-order valence-electron chi connectivity index (χ4n) is 3.42. The second-order valence-corrected chi connectivity index (χ2v) is 6.60. The molecule has 1 saturated heterocycles. The topological polar surface area (TPSA) is 44.8 Å². The molecule has 23 heavy (non-hydrogen) atoms. The summed E-state index contributed by atoms with van der Waals surface area (Å²) in [6.45, 7) is 3.02. The quantitative estimate of drug-likeness (QED) is 0.596. The van der Waals surface area contributed by atoms with Crippen molar-refractivity contribution in [3.8, 4) is 11.5 Å². The summed E-state index contributed by atoms with van der Waals surface area (Å²) >= 11 is 0. The van der Waals surface area contributed by atoms with Crippen LogP contribution in [-0.4, -0.2) is 51.9 Å². The first-order valence-corrected chi connectivity index (χ1v) is 8.11. The van der Waals surface area contributed by atoms with E-state index in [0.29, 0.717) is 12.3 Å². The lowest BCUT2D eigenvalue weighted by Gasteiger charge is -2.40. The Labute approximate surface area is 138 Å². The monoisotopic (exact) mass is 322 g/mol. The predicted molar refractivity (Wildman–Crippen MR) is 88.5 cm³/mol. The van der Waals surface area contributed by atoms with Crippen LogP contribution in [0.2, 0.25) is 0 Å². The molecule has 0 atom stereocenters. The van der Waals surface area contributed by atoms with Crippen molar-refractivity contribution in [1.82, 2.24) is 0 Å². The van der Waals surface area contributed by atoms with Gasteiger partial charge in [0.25, 0.3) is 0 Å². The number of hydrogen-bond acceptors (Lipinski definition) is 4. The zero-order chi connectivity index (χ0) is 16.9. The van der Waals surface area contributed by atoms with Gasteiger partial charge in [0.2, 0.25) is 0 Å². The first kappa shape index (κ1) is 17.6. The highest BCUT2D eigenvalue weighted by molar-refractivity contribution is 5.69. The molecule has 0 spiro atoms. The van der Waals surface area contributed by atoms with Crippen LogP contribution in [0.4, 0.5) is 0 Å². The van der Waals surface area contributed by atoms with E-state index in [9.17, 15) is 4.79 Å². The van der Waals surface area contributed by atoms with Gasteiger partial charge in [0.1, 0.15) is 6.54 Å². The Morgan fingerprint density at radius 1 is 1.17 bits per heavy atom. The predicted octanol–water partition coefficient (Wildman–Crippen LogP) is 2.62. The van der Waals surface area contributed by atoms with Gasteiger partial charge in [-0.3, -0.25) is 4.79 Å². The lowest BCUT2D eigenvalue weighted by Crippen LogP contribution is -2.49. The van der Waals surface area contributed by atoms with Crippen LogP contribution in [0.1, 0.15) is 24.8 Å². The third kappa shape index (κ3) is 4.38. The number of likely N-dealkylation sites (tertiary alicyclic amines) is 1. The molecule has 1 fully saturated rings. The molecule has 0 aliphatic carbocycles. The van der Waals surface area contributed by atoms with Gasteiger partial charge in [0.15, 0.2) is 11.5 Å². The molecular formula is C18H28NO4+. The number of piperidine rings is 1. The first-order chi connectivity index (χ1) is 11.0. The van der Waals surface area contributed by atoms with Crippen molar-refractivity contribution in [3.63, 3.8) is 0 Å². The van der Waals surface area contributed by atoms with Crippen molar-refractivity contribution in [2.24, 2.45) is 5.92 Å². The fraction of sp³-hybridized carbons (Fsp3) is 0.611. The van der Waals surface area contributed by atoms with Gasteiger partial charge in [-0.25, -0.2) is 0 Å². The number of methoxy groups -OCH3 is 3. The van der Waals surface area contributed by atoms with E-state index in [4.69, 9.17) is 14.2 Å². The van der Waals surface area contributed by atoms with Gasteiger partial charge in [-0.15, -0.1) is 0 Å². The molecule has 128 valence electrons. The number of para-hydroxylation sites is 1. The van der Waals surface area contributed by atoms with E-state index in [2.05, 4.69) is 13.1 Å². The van der Waals surface area contributed by atoms with Crippen molar-refractivity contribution in [2.45, 2.75) is 25.8 Å². The third-order valence-electron chi connectivity index (χ3n) is 4.87. The lowest BCUT2D eigenvalue weighted by molar-refractivity contribution is -0.928. The summed E-state index contributed by atoms with van der Waals surface area (Å²) < 4.78 is 16.7. The molecule has 0 saturated carbocycles. The Bertz CT molecular complexity index is 536. The molecule has 5 heteroatoms. The maximum Gasteiger partial charge on any atom is 0.305 e. The Kier molecular flexibility index (Phi) is 5.88. The number of quaternary nitrogens is 1. The molecule has 1 aromatic rings. The van der Waals surface area contributed by atoms with Crippen molar-refractivity contribution in [1.29, 1.82) is 0 Å². The van der Waals surface area contributed by atoms with E-state index < -0.39 is 0 Å². The van der Waals surface area contributed by atoms with Crippen LogP contribution in [0.15, 0.2) is 18.2 Å². The van der Waals surface area contributed by atoms with Crippen LogP contribution < -0.4 is 9.47 Å². The van der Waals surface area contributed by atoms with Crippen LogP contribution in [-0.2, 0) is 16.1 Å². The number of esters is 1. The maximum atomic E-state index is 11.4. The number of rotatable bonds is 6. The molecule has 0 amide bonds. The largest absolute Gasteiger partial charge is 0.493 e. The molecular weight excluding hydrogens is 294 g/mol. The van der Waals surface area contributed by atoms with Gasteiger partial charge in [0.05, 0.1) is 47.0 Å². The van der Waals surface area contributed by atoms with Crippen LogP contribution in [0.3, 0.4) is 0 Å². The highest BCUT2D eigenvalue weighted by atomic mass is 16.5. The number of hydrogen-bond donors (Lipinski definition) is 0. The van der Waals surface area contributed by atoms with Crippen molar-refractivity contribution in [3.05, 3.63) is 23.8 Å². The summed E-state index contributed by atoms with van der Waals surface area (Å²) in [5.41, 5.74) is 1.17. The van der Waals surface area contributed by atoms with Crippen molar-refractivity contribution in [2.75, 3.05) is 41.5 Å². The van der Waals surface area contributed by atoms with Gasteiger partial charge in [-0.05, 0) is 18.1 Å². The van der Waals surface area contributed by atoms with Gasteiger partial charge in [0, 0.05) is 19.3 Å². The molecule has 1 aliphatic heterocycles. The number of nitrogens with zero attached hydrogens (tertiary/aromatic N) is 1. The molecule has 0 aromatic heterocycles. The SMILES string of the molecule is COC(=O)CC1CC[N+](C)(Cc2cccc(OC)c2OC)CC1. The molecule has 0 bridgehead atoms. The minimum atomic E-state index is -0.0967. The molecule has 1 aromatic carbocycles. The van der Waals surface area contributed by atoms with E-state index >= 15 is 0 Å². The highest BCUT2D eigenvalue weighted by Gasteiger charge is 2.32. The van der Waals surface area contributed by atoms with E-state index in [1.54, 1.807) is 14.2 Å². The van der Waals surface area contributed by atoms with E-state index in [1.807, 2.05) is 12.1 Å². The van der Waals surface area contributed by atoms with Crippen molar-refractivity contribution >= 4 is 5.97 Å². The summed E-state index contributed by atoms with van der Waals surface area (Å²) in [7, 11) is 7.08. The number of benzene rings is 1. The summed E-state index contributed by atoms with van der Waals surface area (Å²) in [5.74, 6) is 1.95. The Morgan fingerprint density at radius 3 is 2.43 bits per heavy atom. The lowest BCUT2D eigenvalue weighted by atomic mass is 9.92. The van der Waals surface area contributed by atoms with E-state index in [1.165, 1.54) is 12.7 Å². The molecule has 2 rings (SSSR count). The molecule has 0 N–H and O–H groups in total. The second kappa shape index (κ2) is 7.68. The average Bonchev–Trinajstić information content (AvgIpc) is 2.56. The minimum Gasteiger partial charge on any atom is -0.493 e. The van der Waals surface area contributed by atoms with Gasteiger partial charge in [-0.1, -0.05) is 6.07 Å². The molecule has 5 nitrogen and oxygen atoms in total. The second-order valence-electron chi connectivity index (χ2n) is 6.60. The molecule has 0 radical (unpaired) electrons. The van der Waals surface area contributed by atoms with Crippen LogP contribution in [0.5, 0.6) is 11.5 Å². The molecule has 1 heterocycles. The van der Waals surface area contributed by atoms with Crippen LogP contribution in [0, 0.1) is 5.92 Å². The smallest absolute Gasteiger partial charge is 0.305 e. The van der Waals surface area contributed by atoms with Crippen molar-refractivity contribution < 1.29 is 23.5 Å². The number of carbonyl (C=O) groups is 1. The molecule has 0 unspecified atom stereocenters. The minimum absolute atomic E-state index is 0.0967. The highest BCUT2D eigenvalue weighted by Crippen LogP contribution is 2.34. The summed E-state index contributed by atoms with van der Waals surface area (Å²) in [4.78, 5) is 11.4. The summed E-state index contributed by atoms with van der Waals surface area (Å²) in [6.07, 6.45) is 2.65. The molecule has 1 aliphatic rings. The van der Waals surface area contributed by atoms with Gasteiger partial charge >= 0.3 is 5.97 Å². The standard InChI is InChI=1S/C18H28NO4/c1-19(10-8-14(9-11-19)12-17(20)22-3)13-15-6-5-7-16(21-2)18(15)23-4/h5-7,14H,8-13H2,1-4H3/q+1. The zero-order valence-electron chi connectivity index (χ0n) is 14.6. The van der Waals surface area contributed by atoms with Gasteiger partial charge < -0.3 is 18.7 Å². The van der Waals surface area contributed by atoms with Crippen LogP contribution in [0.25, 0.3) is 0 Å². The Hall–Kier alpha value is -1.75.